The minimum atomic E-state index is -4.57. The van der Waals surface area contributed by atoms with Crippen molar-refractivity contribution in [3.63, 3.8) is 0 Å². The number of carbonyl (C=O) groups is 1. The first-order chi connectivity index (χ1) is 15.5. The van der Waals surface area contributed by atoms with Gasteiger partial charge in [0.15, 0.2) is 5.76 Å². The fraction of sp³-hybridized carbons (Fsp3) is 0.542. The summed E-state index contributed by atoms with van der Waals surface area (Å²) >= 11 is 0. The summed E-state index contributed by atoms with van der Waals surface area (Å²) in [4.78, 5) is 13.1. The van der Waals surface area contributed by atoms with E-state index in [-0.39, 0.29) is 28.1 Å². The Hall–Kier alpha value is -2.84. The third-order valence-electron chi connectivity index (χ3n) is 7.44. The third kappa shape index (κ3) is 3.71. The van der Waals surface area contributed by atoms with Crippen LogP contribution in [0.25, 0.3) is 11.0 Å². The largest absolute Gasteiger partial charge is 0.450 e. The first kappa shape index (κ1) is 22.0. The second kappa shape index (κ2) is 7.33. The number of amides is 1. The summed E-state index contributed by atoms with van der Waals surface area (Å²) in [6.45, 7) is 5.43. The lowest BCUT2D eigenvalue weighted by atomic mass is 9.57. The Bertz CT molecular complexity index is 1200. The van der Waals surface area contributed by atoms with Gasteiger partial charge < -0.3 is 14.2 Å². The number of fused-ring (bicyclic) bond motifs is 4. The highest BCUT2D eigenvalue weighted by Crippen LogP contribution is 2.53. The number of alkyl halides is 3. The van der Waals surface area contributed by atoms with Crippen LogP contribution < -0.4 is 5.32 Å². The molecule has 3 aliphatic carbocycles. The number of aromatic nitrogens is 2. The van der Waals surface area contributed by atoms with E-state index in [1.54, 1.807) is 13.0 Å². The number of hydrogen-bond donors (Lipinski definition) is 1. The molecule has 1 aromatic carbocycles. The van der Waals surface area contributed by atoms with E-state index in [1.165, 1.54) is 6.07 Å². The summed E-state index contributed by atoms with van der Waals surface area (Å²) in [5.74, 6) is 0.541. The average molecular weight is 461 g/mol. The number of carbonyl (C=O) groups excluding carboxylic acids is 1. The monoisotopic (exact) mass is 461 g/mol. The van der Waals surface area contributed by atoms with E-state index in [0.29, 0.717) is 17.3 Å². The Morgan fingerprint density at radius 1 is 1.03 bits per heavy atom. The van der Waals surface area contributed by atoms with Gasteiger partial charge in [-0.2, -0.15) is 13.2 Å². The maximum Gasteiger partial charge on any atom is 0.420 e. The quantitative estimate of drug-likeness (QED) is 0.512. The van der Waals surface area contributed by atoms with Gasteiger partial charge in [0.25, 0.3) is 5.91 Å². The molecule has 3 aromatic rings. The van der Waals surface area contributed by atoms with Crippen molar-refractivity contribution in [2.24, 2.45) is 0 Å². The molecule has 0 aliphatic heterocycles. The molecule has 2 bridgehead atoms. The van der Waals surface area contributed by atoms with E-state index in [9.17, 15) is 18.0 Å². The van der Waals surface area contributed by atoms with Gasteiger partial charge in [0.2, 0.25) is 11.8 Å². The Morgan fingerprint density at radius 3 is 2.24 bits per heavy atom. The summed E-state index contributed by atoms with van der Waals surface area (Å²) in [6, 6.07) is 4.19. The van der Waals surface area contributed by atoms with Gasteiger partial charge in [0.05, 0.1) is 5.56 Å². The van der Waals surface area contributed by atoms with E-state index in [0.717, 1.165) is 44.6 Å². The van der Waals surface area contributed by atoms with Crippen molar-refractivity contribution in [1.82, 2.24) is 15.5 Å². The Labute approximate surface area is 188 Å². The zero-order valence-electron chi connectivity index (χ0n) is 18.8. The van der Waals surface area contributed by atoms with Crippen LogP contribution in [-0.4, -0.2) is 21.6 Å². The maximum atomic E-state index is 13.7. The summed E-state index contributed by atoms with van der Waals surface area (Å²) in [7, 11) is 0. The lowest BCUT2D eigenvalue weighted by Crippen LogP contribution is -2.57. The number of hydrogen-bond acceptors (Lipinski definition) is 5. The number of halogens is 3. The zero-order valence-corrected chi connectivity index (χ0v) is 18.8. The van der Waals surface area contributed by atoms with Gasteiger partial charge in [-0.1, -0.05) is 13.8 Å². The predicted octanol–water partition coefficient (Wildman–Crippen LogP) is 6.04. The van der Waals surface area contributed by atoms with Crippen molar-refractivity contribution < 1.29 is 26.8 Å². The first-order valence-corrected chi connectivity index (χ1v) is 11.3. The van der Waals surface area contributed by atoms with E-state index >= 15 is 0 Å². The molecular formula is C24H26F3N3O3. The van der Waals surface area contributed by atoms with Crippen LogP contribution in [0.2, 0.25) is 0 Å². The van der Waals surface area contributed by atoms with Crippen molar-refractivity contribution in [1.29, 1.82) is 0 Å². The van der Waals surface area contributed by atoms with E-state index in [1.807, 2.05) is 13.8 Å². The Balaban J connectivity index is 1.39. The molecule has 0 saturated heterocycles. The van der Waals surface area contributed by atoms with Gasteiger partial charge in [0.1, 0.15) is 5.58 Å². The van der Waals surface area contributed by atoms with Crippen LogP contribution in [-0.2, 0) is 11.6 Å². The van der Waals surface area contributed by atoms with Gasteiger partial charge in [-0.25, -0.2) is 0 Å². The van der Waals surface area contributed by atoms with Crippen LogP contribution in [0.5, 0.6) is 0 Å². The standard InChI is InChI=1S/C24H26F3N3O3/c1-13(2)15-10-16-12-18(33-19(16)17(11-15)24(25,26)27)20(31)28-23-7-4-22(5-8-23,6-9-23)21-30-29-14(3)32-21/h10-13H,4-9H2,1-3H3,(H,28,31). The van der Waals surface area contributed by atoms with Crippen molar-refractivity contribution in [3.05, 3.63) is 46.9 Å². The number of aryl methyl sites for hydroxylation is 1. The van der Waals surface area contributed by atoms with Crippen LogP contribution >= 0.6 is 0 Å². The average Bonchev–Trinajstić information content (AvgIpc) is 3.40. The predicted molar refractivity (Wildman–Crippen MR) is 114 cm³/mol. The zero-order chi connectivity index (χ0) is 23.6. The molecule has 6 rings (SSSR count). The molecule has 0 spiro atoms. The highest BCUT2D eigenvalue weighted by molar-refractivity contribution is 5.97. The van der Waals surface area contributed by atoms with Crippen LogP contribution in [0.3, 0.4) is 0 Å². The molecule has 1 amide bonds. The number of benzene rings is 1. The number of furan rings is 1. The lowest BCUT2D eigenvalue weighted by Gasteiger charge is -2.51. The molecule has 3 saturated carbocycles. The van der Waals surface area contributed by atoms with Gasteiger partial charge in [0, 0.05) is 23.3 Å². The normalized spacial score (nSPS) is 25.2. The van der Waals surface area contributed by atoms with Gasteiger partial charge >= 0.3 is 6.18 Å². The van der Waals surface area contributed by atoms with Gasteiger partial charge in [-0.3, -0.25) is 4.79 Å². The fourth-order valence-corrected chi connectivity index (χ4v) is 5.34. The topological polar surface area (TPSA) is 81.2 Å². The third-order valence-corrected chi connectivity index (χ3v) is 7.44. The van der Waals surface area contributed by atoms with Crippen molar-refractivity contribution in [3.8, 4) is 0 Å². The van der Waals surface area contributed by atoms with E-state index < -0.39 is 23.2 Å². The molecule has 2 aromatic heterocycles. The van der Waals surface area contributed by atoms with E-state index in [2.05, 4.69) is 15.5 Å². The molecular weight excluding hydrogens is 435 g/mol. The SMILES string of the molecule is Cc1nnc(C23CCC(NC(=O)c4cc5cc(C(C)C)cc(C(F)(F)F)c5o4)(CC2)CC3)o1. The van der Waals surface area contributed by atoms with Crippen LogP contribution in [0.1, 0.15) is 91.8 Å². The highest BCUT2D eigenvalue weighted by Gasteiger charge is 2.52. The molecule has 2 heterocycles. The molecule has 0 atom stereocenters. The molecule has 0 unspecified atom stereocenters. The fourth-order valence-electron chi connectivity index (χ4n) is 5.34. The molecule has 3 fully saturated rings. The lowest BCUT2D eigenvalue weighted by molar-refractivity contribution is -0.136. The Morgan fingerprint density at radius 2 is 1.70 bits per heavy atom. The minimum Gasteiger partial charge on any atom is -0.450 e. The molecule has 1 N–H and O–H groups in total. The summed E-state index contributed by atoms with van der Waals surface area (Å²) in [5.41, 5.74) is -1.15. The number of nitrogens with one attached hydrogen (secondary N) is 1. The molecule has 6 nitrogen and oxygen atoms in total. The summed E-state index contributed by atoms with van der Waals surface area (Å²) < 4.78 is 52.2. The van der Waals surface area contributed by atoms with Crippen LogP contribution in [0.4, 0.5) is 13.2 Å². The highest BCUT2D eigenvalue weighted by atomic mass is 19.4. The minimum absolute atomic E-state index is 0.0889. The molecule has 0 radical (unpaired) electrons. The second-order valence-electron chi connectivity index (χ2n) is 9.89. The number of rotatable bonds is 4. The van der Waals surface area contributed by atoms with Gasteiger partial charge in [-0.05, 0) is 68.2 Å². The van der Waals surface area contributed by atoms with Gasteiger partial charge in [-0.15, -0.1) is 10.2 Å². The van der Waals surface area contributed by atoms with E-state index in [4.69, 9.17) is 8.83 Å². The molecule has 9 heteroatoms. The van der Waals surface area contributed by atoms with Crippen molar-refractivity contribution in [2.45, 2.75) is 82.3 Å². The maximum absolute atomic E-state index is 13.7. The van der Waals surface area contributed by atoms with Crippen molar-refractivity contribution >= 4 is 16.9 Å². The van der Waals surface area contributed by atoms with Crippen molar-refractivity contribution in [2.75, 3.05) is 0 Å². The molecule has 176 valence electrons. The smallest absolute Gasteiger partial charge is 0.420 e. The van der Waals surface area contributed by atoms with Crippen LogP contribution in [0.15, 0.2) is 27.0 Å². The Kier molecular flexibility index (Phi) is 4.88. The summed E-state index contributed by atoms with van der Waals surface area (Å²) in [6.07, 6.45) is 0.0841. The van der Waals surface area contributed by atoms with Crippen LogP contribution in [0, 0.1) is 6.92 Å². The number of nitrogens with zero attached hydrogens (tertiary/aromatic N) is 2. The molecule has 3 aliphatic rings. The summed E-state index contributed by atoms with van der Waals surface area (Å²) in [5, 5.41) is 11.6. The second-order valence-corrected chi connectivity index (χ2v) is 9.89. The first-order valence-electron chi connectivity index (χ1n) is 11.3. The molecule has 33 heavy (non-hydrogen) atoms.